The van der Waals surface area contributed by atoms with Crippen LogP contribution in [0.2, 0.25) is 0 Å². The van der Waals surface area contributed by atoms with Gasteiger partial charge >= 0.3 is 0 Å². The highest BCUT2D eigenvalue weighted by atomic mass is 35.5. The molecule has 0 amide bonds. The summed E-state index contributed by atoms with van der Waals surface area (Å²) in [6, 6.07) is 0. The molecular weight excluding hydrogens is 188 g/mol. The summed E-state index contributed by atoms with van der Waals surface area (Å²) < 4.78 is 4.44. The second kappa shape index (κ2) is 6.92. The zero-order valence-electron chi connectivity index (χ0n) is 8.55. The quantitative estimate of drug-likeness (QED) is 0.495. The van der Waals surface area contributed by atoms with Crippen molar-refractivity contribution in [3.05, 3.63) is 18.2 Å². The first-order valence-electron chi connectivity index (χ1n) is 4.27. The van der Waals surface area contributed by atoms with Crippen molar-refractivity contribution in [3.8, 4) is 0 Å². The molecule has 0 aromatic carbocycles. The smallest absolute Gasteiger partial charge is 0.253 e. The fraction of sp³-hybridized carbons (Fsp3) is 0.667. The van der Waals surface area contributed by atoms with Gasteiger partial charge in [-0.2, -0.15) is 0 Å². The van der Waals surface area contributed by atoms with Gasteiger partial charge in [-0.3, -0.25) is 0 Å². The number of imidazole rings is 1. The zero-order chi connectivity index (χ0) is 8.27. The molecule has 0 aliphatic rings. The lowest BCUT2D eigenvalue weighted by Gasteiger charge is -1.95. The summed E-state index contributed by atoms with van der Waals surface area (Å²) in [6.45, 7) is 5.53. The van der Waals surface area contributed by atoms with Gasteiger partial charge in [0.05, 0.1) is 13.6 Å². The van der Waals surface area contributed by atoms with Gasteiger partial charge in [0, 0.05) is 6.92 Å². The second-order valence-electron chi connectivity index (χ2n) is 3.00. The summed E-state index contributed by atoms with van der Waals surface area (Å²) >= 11 is 0. The molecule has 1 rings (SSSR count). The molecule has 0 saturated carbocycles. The molecule has 78 valence electrons. The molecule has 4 heteroatoms. The van der Waals surface area contributed by atoms with E-state index in [1.807, 2.05) is 0 Å². The van der Waals surface area contributed by atoms with Crippen LogP contribution in [-0.4, -0.2) is 10.0 Å². The Kier molecular flexibility index (Phi) is 7.96. The predicted octanol–water partition coefficient (Wildman–Crippen LogP) is -2.40. The van der Waals surface area contributed by atoms with Gasteiger partial charge in [0.25, 0.3) is 5.82 Å². The Morgan fingerprint density at radius 3 is 2.46 bits per heavy atom. The van der Waals surface area contributed by atoms with Crippen molar-refractivity contribution in [2.45, 2.75) is 33.2 Å². The second-order valence-corrected chi connectivity index (χ2v) is 3.00. The normalized spacial score (nSPS) is 8.85. The molecule has 13 heavy (non-hydrogen) atoms. The van der Waals surface area contributed by atoms with Crippen LogP contribution < -0.4 is 17.0 Å². The lowest BCUT2D eigenvalue weighted by atomic mass is 10.3. The van der Waals surface area contributed by atoms with Crippen LogP contribution in [0.1, 0.15) is 25.6 Å². The van der Waals surface area contributed by atoms with Gasteiger partial charge in [-0.05, 0) is 6.42 Å². The third-order valence-corrected chi connectivity index (χ3v) is 2.15. The van der Waals surface area contributed by atoms with Crippen molar-refractivity contribution in [1.82, 2.24) is 4.57 Å². The van der Waals surface area contributed by atoms with E-state index in [9.17, 15) is 0 Å². The Morgan fingerprint density at radius 2 is 2.08 bits per heavy atom. The van der Waals surface area contributed by atoms with E-state index in [0.29, 0.717) is 0 Å². The molecular formula is C9H19ClN2O. The number of hydrogen-bond donors (Lipinski definition) is 0. The highest BCUT2D eigenvalue weighted by molar-refractivity contribution is 4.78. The summed E-state index contributed by atoms with van der Waals surface area (Å²) in [6.07, 6.45) is 6.78. The van der Waals surface area contributed by atoms with Crippen LogP contribution in [0.25, 0.3) is 0 Å². The third kappa shape index (κ3) is 3.79. The standard InChI is InChI=1S/C9H17N2.ClH.H2O/c1-4-5-6-11-8-7-10(3)9(11)2;;/h7-8H,4-6H2,1-3H3;1H;1H2/q+1;;/p-1. The molecule has 0 unspecified atom stereocenters. The van der Waals surface area contributed by atoms with E-state index in [-0.39, 0.29) is 17.9 Å². The van der Waals surface area contributed by atoms with Crippen LogP contribution in [0.15, 0.2) is 12.4 Å². The van der Waals surface area contributed by atoms with Crippen molar-refractivity contribution < 1.29 is 22.5 Å². The maximum atomic E-state index is 2.30. The molecule has 3 nitrogen and oxygen atoms in total. The van der Waals surface area contributed by atoms with Gasteiger partial charge in [0.1, 0.15) is 12.4 Å². The summed E-state index contributed by atoms with van der Waals surface area (Å²) in [7, 11) is 2.08. The van der Waals surface area contributed by atoms with E-state index in [4.69, 9.17) is 0 Å². The molecule has 1 aromatic heterocycles. The lowest BCUT2D eigenvalue weighted by Crippen LogP contribution is -3.00. The molecule has 0 aliphatic carbocycles. The molecule has 0 atom stereocenters. The minimum absolute atomic E-state index is 0. The molecule has 1 heterocycles. The predicted molar refractivity (Wildman–Crippen MR) is 48.9 cm³/mol. The van der Waals surface area contributed by atoms with Crippen LogP contribution in [0.3, 0.4) is 0 Å². The number of aromatic nitrogens is 2. The zero-order valence-corrected chi connectivity index (χ0v) is 9.30. The van der Waals surface area contributed by atoms with Crippen molar-refractivity contribution in [2.24, 2.45) is 7.05 Å². The maximum Gasteiger partial charge on any atom is 0.253 e. The molecule has 0 fully saturated rings. The molecule has 0 spiro atoms. The highest BCUT2D eigenvalue weighted by Gasteiger charge is 2.06. The Labute approximate surface area is 86.1 Å². The fourth-order valence-electron chi connectivity index (χ4n) is 1.16. The number of nitrogens with zero attached hydrogens (tertiary/aromatic N) is 2. The van der Waals surface area contributed by atoms with Gasteiger partial charge in [0.2, 0.25) is 0 Å². The Balaban J connectivity index is 0. The van der Waals surface area contributed by atoms with Crippen molar-refractivity contribution in [2.75, 3.05) is 0 Å². The minimum atomic E-state index is 0. The van der Waals surface area contributed by atoms with Gasteiger partial charge in [-0.1, -0.05) is 13.3 Å². The first-order chi connectivity index (χ1) is 5.25. The highest BCUT2D eigenvalue weighted by Crippen LogP contribution is 1.96. The molecule has 0 radical (unpaired) electrons. The number of halogens is 1. The summed E-state index contributed by atoms with van der Waals surface area (Å²) in [5.41, 5.74) is 0. The molecule has 0 saturated heterocycles. The van der Waals surface area contributed by atoms with E-state index in [0.717, 1.165) is 6.54 Å². The number of aryl methyl sites for hydroxylation is 2. The Morgan fingerprint density at radius 1 is 1.46 bits per heavy atom. The van der Waals surface area contributed by atoms with Gasteiger partial charge in [0.15, 0.2) is 0 Å². The Hall–Kier alpha value is -0.540. The van der Waals surface area contributed by atoms with E-state index in [2.05, 4.69) is 42.4 Å². The van der Waals surface area contributed by atoms with Crippen LogP contribution >= 0.6 is 0 Å². The van der Waals surface area contributed by atoms with Gasteiger partial charge in [-0.15, -0.1) is 0 Å². The summed E-state index contributed by atoms with van der Waals surface area (Å²) in [5.74, 6) is 1.33. The average molecular weight is 207 g/mol. The summed E-state index contributed by atoms with van der Waals surface area (Å²) in [5, 5.41) is 0. The van der Waals surface area contributed by atoms with Crippen LogP contribution in [-0.2, 0) is 13.6 Å². The number of unbranched alkanes of at least 4 members (excludes halogenated alkanes) is 1. The molecule has 1 aromatic rings. The van der Waals surface area contributed by atoms with E-state index >= 15 is 0 Å². The van der Waals surface area contributed by atoms with Crippen LogP contribution in [0, 0.1) is 6.92 Å². The fourth-order valence-corrected chi connectivity index (χ4v) is 1.16. The molecule has 0 bridgehead atoms. The number of rotatable bonds is 3. The van der Waals surface area contributed by atoms with E-state index in [1.54, 1.807) is 0 Å². The first-order valence-corrected chi connectivity index (χ1v) is 4.27. The average Bonchev–Trinajstić information content (AvgIpc) is 2.31. The SMILES string of the molecule is CCCCn1cc[n+](C)c1C.O.[Cl-]. The molecule has 0 aliphatic heterocycles. The van der Waals surface area contributed by atoms with E-state index in [1.165, 1.54) is 18.7 Å². The van der Waals surface area contributed by atoms with Gasteiger partial charge < -0.3 is 17.9 Å². The van der Waals surface area contributed by atoms with Crippen LogP contribution in [0.4, 0.5) is 0 Å². The Bertz CT molecular complexity index is 236. The monoisotopic (exact) mass is 206 g/mol. The molecule has 2 N–H and O–H groups in total. The topological polar surface area (TPSA) is 40.3 Å². The van der Waals surface area contributed by atoms with E-state index < -0.39 is 0 Å². The van der Waals surface area contributed by atoms with Crippen molar-refractivity contribution in [3.63, 3.8) is 0 Å². The van der Waals surface area contributed by atoms with Crippen LogP contribution in [0.5, 0.6) is 0 Å². The van der Waals surface area contributed by atoms with Crippen molar-refractivity contribution in [1.29, 1.82) is 0 Å². The maximum absolute atomic E-state index is 2.30. The van der Waals surface area contributed by atoms with Crippen molar-refractivity contribution >= 4 is 0 Å². The summed E-state index contributed by atoms with van der Waals surface area (Å²) in [4.78, 5) is 0. The largest absolute Gasteiger partial charge is 1.00 e. The first kappa shape index (κ1) is 15.0. The third-order valence-electron chi connectivity index (χ3n) is 2.15. The lowest BCUT2D eigenvalue weighted by molar-refractivity contribution is -0.677. The number of hydrogen-bond acceptors (Lipinski definition) is 0. The van der Waals surface area contributed by atoms with Gasteiger partial charge in [-0.25, -0.2) is 9.13 Å². The minimum Gasteiger partial charge on any atom is -1.00 e.